The first kappa shape index (κ1) is 74.5. The standard InChI is InChI=1S/C45H48BN2O.C21H29N.C9H16.C5H12.C3H6/c1-29(2)47(35-22-20-33(21-23-35)44(5,6)7)39-27-34(45(8,9)10)28-40(43(39)46-11)48(30(3)4)36-16-14-15-31(25-36)32-19-24-42-38(26-32)37-17-12-13-18-41(37)49-42;1-8-10-12-18(4)22(17(3)11-9-2)20-15-13-19(14-16-20)21(5,6)7;1-6-8(7-2)9(3,4)5;1-5(2,3)4;1-3-2/h12-28H,1,3H2,2,4-11H3;9-16H,3-4,8H2,1-2,5-7H3;6-7H,1H2,2-5H3;1-4H3;3H,1H2,2H3/b;11-9-,12-10-;8-7+;;. The molecule has 7 aromatic rings. The molecule has 0 fully saturated rings. The summed E-state index contributed by atoms with van der Waals surface area (Å²) in [6.45, 7) is 74.3. The van der Waals surface area contributed by atoms with E-state index in [2.05, 4.69) is 327 Å². The molecule has 0 saturated heterocycles. The number of hydrogen-bond acceptors (Lipinski definition) is 4. The molecule has 0 saturated carbocycles. The fourth-order valence-electron chi connectivity index (χ4n) is 9.77. The molecule has 0 N–H and O–H groups in total. The van der Waals surface area contributed by atoms with Crippen LogP contribution in [-0.2, 0) is 16.2 Å². The molecular weight excluding hydrogens is 1070 g/mol. The van der Waals surface area contributed by atoms with Gasteiger partial charge in [-0.25, -0.2) is 0 Å². The first-order valence-corrected chi connectivity index (χ1v) is 31.4. The molecule has 5 heteroatoms. The highest BCUT2D eigenvalue weighted by atomic mass is 16.3. The quantitative estimate of drug-likeness (QED) is 0.0580. The van der Waals surface area contributed by atoms with Gasteiger partial charge in [-0.1, -0.05) is 248 Å². The first-order chi connectivity index (χ1) is 40.9. The fourth-order valence-corrected chi connectivity index (χ4v) is 9.77. The molecule has 0 atom stereocenters. The van der Waals surface area contributed by atoms with Crippen molar-refractivity contribution in [3.05, 3.63) is 254 Å². The summed E-state index contributed by atoms with van der Waals surface area (Å²) in [5.41, 5.74) is 20.4. The maximum Gasteiger partial charge on any atom is 0.153 e. The fraction of sp³-hybridized carbons (Fsp3) is 0.349. The van der Waals surface area contributed by atoms with Crippen molar-refractivity contribution in [2.45, 2.75) is 182 Å². The van der Waals surface area contributed by atoms with E-state index in [1.54, 1.807) is 6.08 Å². The van der Waals surface area contributed by atoms with E-state index >= 15 is 0 Å². The van der Waals surface area contributed by atoms with Gasteiger partial charge in [-0.2, -0.15) is 0 Å². The largest absolute Gasteiger partial charge is 0.456 e. The molecule has 1 aromatic heterocycles. The van der Waals surface area contributed by atoms with Gasteiger partial charge in [0.2, 0.25) is 0 Å². The molecule has 467 valence electrons. The molecule has 4 nitrogen and oxygen atoms in total. The molecule has 0 amide bonds. The number of furan rings is 1. The molecule has 1 radical (unpaired) electrons. The monoisotopic (exact) mass is 1180 g/mol. The van der Waals surface area contributed by atoms with Crippen LogP contribution in [0.5, 0.6) is 0 Å². The Balaban J connectivity index is 0.000000425. The summed E-state index contributed by atoms with van der Waals surface area (Å²) in [4.78, 5) is 6.67. The van der Waals surface area contributed by atoms with E-state index in [-0.39, 0.29) is 21.7 Å². The molecule has 0 spiro atoms. The molecule has 0 aliphatic carbocycles. The molecule has 1 heterocycles. The number of allylic oxidation sites excluding steroid dienone is 10. The van der Waals surface area contributed by atoms with Gasteiger partial charge in [-0.15, -0.1) is 6.58 Å². The van der Waals surface area contributed by atoms with Crippen LogP contribution in [0.3, 0.4) is 0 Å². The molecule has 7 rings (SSSR count). The lowest BCUT2D eigenvalue weighted by Gasteiger charge is -2.35. The summed E-state index contributed by atoms with van der Waals surface area (Å²) in [6, 6.07) is 45.7. The van der Waals surface area contributed by atoms with Crippen LogP contribution < -0.4 is 20.2 Å². The molecular formula is C83H111BN3O. The van der Waals surface area contributed by atoms with Crippen molar-refractivity contribution < 1.29 is 4.42 Å². The average Bonchev–Trinajstić information content (AvgIpc) is 1.71. The summed E-state index contributed by atoms with van der Waals surface area (Å²) in [5, 5.41) is 2.25. The van der Waals surface area contributed by atoms with Crippen LogP contribution in [0, 0.1) is 10.8 Å². The highest BCUT2D eigenvalue weighted by Crippen LogP contribution is 2.41. The van der Waals surface area contributed by atoms with E-state index in [4.69, 9.17) is 4.42 Å². The minimum atomic E-state index is -0.0992. The van der Waals surface area contributed by atoms with Crippen LogP contribution in [0.1, 0.15) is 175 Å². The van der Waals surface area contributed by atoms with Crippen LogP contribution in [0.2, 0.25) is 6.82 Å². The van der Waals surface area contributed by atoms with Crippen LogP contribution in [-0.4, -0.2) is 7.28 Å². The lowest BCUT2D eigenvalue weighted by molar-refractivity contribution is 0.469. The topological polar surface area (TPSA) is 22.9 Å². The number of para-hydroxylation sites is 1. The Kier molecular flexibility index (Phi) is 27.5. The van der Waals surface area contributed by atoms with Gasteiger partial charge in [0, 0.05) is 62.0 Å². The van der Waals surface area contributed by atoms with Gasteiger partial charge in [0.25, 0.3) is 0 Å². The van der Waals surface area contributed by atoms with Gasteiger partial charge in [0.15, 0.2) is 7.28 Å². The number of nitrogens with zero attached hydrogens (tertiary/aromatic N) is 3. The molecule has 88 heavy (non-hydrogen) atoms. The zero-order chi connectivity index (χ0) is 66.7. The molecule has 0 aliphatic heterocycles. The third-order valence-corrected chi connectivity index (χ3v) is 14.2. The van der Waals surface area contributed by atoms with Crippen LogP contribution >= 0.6 is 0 Å². The maximum atomic E-state index is 6.12. The minimum Gasteiger partial charge on any atom is -0.456 e. The van der Waals surface area contributed by atoms with E-state index in [9.17, 15) is 0 Å². The Hall–Kier alpha value is -7.76. The van der Waals surface area contributed by atoms with Crippen LogP contribution in [0.25, 0.3) is 33.1 Å². The molecule has 0 bridgehead atoms. The highest BCUT2D eigenvalue weighted by Gasteiger charge is 2.27. The van der Waals surface area contributed by atoms with Gasteiger partial charge >= 0.3 is 0 Å². The summed E-state index contributed by atoms with van der Waals surface area (Å²) in [5.74, 6) is 0. The Labute approximate surface area is 537 Å². The second-order valence-corrected chi connectivity index (χ2v) is 28.3. The van der Waals surface area contributed by atoms with Crippen LogP contribution in [0.15, 0.2) is 242 Å². The van der Waals surface area contributed by atoms with E-state index in [1.807, 2.05) is 57.2 Å². The molecule has 6 aromatic carbocycles. The molecule has 0 aliphatic rings. The lowest BCUT2D eigenvalue weighted by Crippen LogP contribution is -2.31. The zero-order valence-electron chi connectivity index (χ0n) is 58.9. The third kappa shape index (κ3) is 21.5. The van der Waals surface area contributed by atoms with Crippen molar-refractivity contribution in [1.29, 1.82) is 0 Å². The number of fused-ring (bicyclic) bond motifs is 3. The van der Waals surface area contributed by atoms with Crippen molar-refractivity contribution >= 4 is 63.1 Å². The minimum absolute atomic E-state index is 0.0723. The number of benzene rings is 6. The Morgan fingerprint density at radius 2 is 0.966 bits per heavy atom. The van der Waals surface area contributed by atoms with Gasteiger partial charge in [0.05, 0.1) is 0 Å². The van der Waals surface area contributed by atoms with Gasteiger partial charge < -0.3 is 19.1 Å². The Morgan fingerprint density at radius 1 is 0.511 bits per heavy atom. The number of hydrogen-bond donors (Lipinski definition) is 0. The summed E-state index contributed by atoms with van der Waals surface area (Å²) in [7, 11) is 2.22. The summed E-state index contributed by atoms with van der Waals surface area (Å²) >= 11 is 0. The lowest BCUT2D eigenvalue weighted by atomic mass is 9.69. The predicted molar refractivity (Wildman–Crippen MR) is 399 cm³/mol. The van der Waals surface area contributed by atoms with E-state index < -0.39 is 0 Å². The smallest absolute Gasteiger partial charge is 0.153 e. The van der Waals surface area contributed by atoms with Gasteiger partial charge in [-0.3, -0.25) is 0 Å². The van der Waals surface area contributed by atoms with Crippen molar-refractivity contribution in [2.75, 3.05) is 14.7 Å². The number of anilines is 5. The predicted octanol–water partition coefficient (Wildman–Crippen LogP) is 25.3. The van der Waals surface area contributed by atoms with Crippen molar-refractivity contribution in [1.82, 2.24) is 0 Å². The summed E-state index contributed by atoms with van der Waals surface area (Å²) < 4.78 is 6.12. The van der Waals surface area contributed by atoms with Crippen molar-refractivity contribution in [3.63, 3.8) is 0 Å². The van der Waals surface area contributed by atoms with E-state index in [1.165, 1.54) is 22.3 Å². The van der Waals surface area contributed by atoms with Crippen molar-refractivity contribution in [2.24, 2.45) is 10.8 Å². The maximum absolute atomic E-state index is 6.12. The Morgan fingerprint density at radius 3 is 1.39 bits per heavy atom. The number of rotatable bonds is 15. The second-order valence-electron chi connectivity index (χ2n) is 28.3. The third-order valence-electron chi connectivity index (χ3n) is 14.2. The van der Waals surface area contributed by atoms with E-state index in [0.29, 0.717) is 5.41 Å². The summed E-state index contributed by atoms with van der Waals surface area (Å²) in [6.07, 6.45) is 14.9. The van der Waals surface area contributed by atoms with Crippen LogP contribution in [0.4, 0.5) is 28.4 Å². The first-order valence-electron chi connectivity index (χ1n) is 31.4. The highest BCUT2D eigenvalue weighted by molar-refractivity contribution is 6.57. The SMILES string of the molecule is C=C(/C=C\C)N(C(=C)/C=C\CC)c1ccc(C(C)(C)C)cc1.C=C(C)N(c1ccc(C(C)(C)C)cc1)c1cc(C(C)(C)C)cc(N(C(=C)C)c2cccc(-c3ccc4oc5ccccc5c4c3)c2)c1[B]C.C=C/C(=C\C)C(C)(C)C.C=CC.CC(C)(C)C. The Bertz CT molecular complexity index is 3550. The average molecular weight is 1180 g/mol. The normalized spacial score (nSPS) is 11.9. The van der Waals surface area contributed by atoms with E-state index in [0.717, 1.165) is 96.2 Å². The van der Waals surface area contributed by atoms with Gasteiger partial charge in [-0.05, 0) is 186 Å². The van der Waals surface area contributed by atoms with Crippen molar-refractivity contribution in [3.8, 4) is 11.1 Å². The second kappa shape index (κ2) is 32.5. The molecule has 0 unspecified atom stereocenters. The zero-order valence-corrected chi connectivity index (χ0v) is 58.9. The van der Waals surface area contributed by atoms with Gasteiger partial charge in [0.1, 0.15) is 11.2 Å².